The van der Waals surface area contributed by atoms with Crippen molar-refractivity contribution in [2.75, 3.05) is 13.1 Å². The van der Waals surface area contributed by atoms with Crippen LogP contribution in [-0.4, -0.2) is 41.4 Å². The molecule has 4 rings (SSSR count). The van der Waals surface area contributed by atoms with Crippen molar-refractivity contribution in [1.29, 1.82) is 0 Å². The van der Waals surface area contributed by atoms with Crippen molar-refractivity contribution in [3.63, 3.8) is 0 Å². The van der Waals surface area contributed by atoms with Gasteiger partial charge in [-0.05, 0) is 73.3 Å². The van der Waals surface area contributed by atoms with Gasteiger partial charge in [-0.3, -0.25) is 0 Å². The molecule has 5 nitrogen and oxygen atoms in total. The first-order valence-electron chi connectivity index (χ1n) is 12.1. The number of hydrogen-bond donors (Lipinski definition) is 0. The van der Waals surface area contributed by atoms with Gasteiger partial charge in [-0.15, -0.1) is 0 Å². The average Bonchev–Trinajstić information content (AvgIpc) is 2.71. The van der Waals surface area contributed by atoms with E-state index < -0.39 is 5.60 Å². The highest BCUT2D eigenvalue weighted by Gasteiger charge is 2.53. The predicted octanol–water partition coefficient (Wildman–Crippen LogP) is 6.29. The maximum atomic E-state index is 12.7. The van der Waals surface area contributed by atoms with E-state index in [0.29, 0.717) is 19.0 Å². The molecule has 3 aliphatic heterocycles. The van der Waals surface area contributed by atoms with Gasteiger partial charge in [-0.1, -0.05) is 29.8 Å². The molecule has 1 amide bonds. The van der Waals surface area contributed by atoms with Crippen molar-refractivity contribution in [2.24, 2.45) is 11.8 Å². The van der Waals surface area contributed by atoms with Crippen molar-refractivity contribution in [3.05, 3.63) is 41.5 Å². The number of allylic oxidation sites excluding steroid dienone is 2. The van der Waals surface area contributed by atoms with Crippen LogP contribution in [-0.2, 0) is 9.47 Å². The third kappa shape index (κ3) is 4.83. The van der Waals surface area contributed by atoms with Gasteiger partial charge in [0.2, 0.25) is 0 Å². The SMILES string of the molecule is CC(C)=CCCC1(C)Oc2ccccc2[C@@H]2O[C@@H]3CCN(C(=O)OC(C)(C)C)C[C@@H]3C[C@H]21. The van der Waals surface area contributed by atoms with Crippen molar-refractivity contribution >= 4 is 6.09 Å². The Morgan fingerprint density at radius 1 is 1.28 bits per heavy atom. The van der Waals surface area contributed by atoms with Crippen molar-refractivity contribution < 1.29 is 19.0 Å². The Morgan fingerprint density at radius 3 is 2.75 bits per heavy atom. The molecule has 5 heteroatoms. The molecule has 3 heterocycles. The Labute approximate surface area is 193 Å². The normalized spacial score (nSPS) is 31.5. The number of carbonyl (C=O) groups is 1. The summed E-state index contributed by atoms with van der Waals surface area (Å²) in [5.41, 5.74) is 1.73. The summed E-state index contributed by atoms with van der Waals surface area (Å²) in [5, 5.41) is 0. The lowest BCUT2D eigenvalue weighted by Crippen LogP contribution is -2.57. The molecule has 0 N–H and O–H groups in total. The molecule has 1 aromatic carbocycles. The molecule has 32 heavy (non-hydrogen) atoms. The van der Waals surface area contributed by atoms with Gasteiger partial charge in [0.05, 0.1) is 12.2 Å². The Hall–Kier alpha value is -2.01. The lowest BCUT2D eigenvalue weighted by molar-refractivity contribution is -0.190. The first kappa shape index (κ1) is 23.2. The number of carbonyl (C=O) groups excluding carboxylic acids is 1. The smallest absolute Gasteiger partial charge is 0.410 e. The second-order valence-corrected chi connectivity index (χ2v) is 11.2. The van der Waals surface area contributed by atoms with E-state index >= 15 is 0 Å². The Balaban J connectivity index is 1.56. The maximum Gasteiger partial charge on any atom is 0.410 e. The minimum Gasteiger partial charge on any atom is -0.487 e. The Bertz CT molecular complexity index is 869. The number of ether oxygens (including phenoxy) is 3. The summed E-state index contributed by atoms with van der Waals surface area (Å²) in [7, 11) is 0. The van der Waals surface area contributed by atoms with Crippen molar-refractivity contribution in [2.45, 2.75) is 90.6 Å². The summed E-state index contributed by atoms with van der Waals surface area (Å²) in [6.45, 7) is 13.7. The van der Waals surface area contributed by atoms with E-state index in [9.17, 15) is 4.79 Å². The predicted molar refractivity (Wildman–Crippen MR) is 126 cm³/mol. The van der Waals surface area contributed by atoms with E-state index in [1.807, 2.05) is 31.7 Å². The summed E-state index contributed by atoms with van der Waals surface area (Å²) in [6.07, 6.45) is 6.08. The van der Waals surface area contributed by atoms with Crippen LogP contribution in [0.15, 0.2) is 35.9 Å². The van der Waals surface area contributed by atoms with Gasteiger partial charge in [0.1, 0.15) is 17.0 Å². The fraction of sp³-hybridized carbons (Fsp3) is 0.667. The third-order valence-electron chi connectivity index (χ3n) is 7.11. The number of hydrogen-bond acceptors (Lipinski definition) is 4. The van der Waals surface area contributed by atoms with Gasteiger partial charge in [-0.2, -0.15) is 0 Å². The van der Waals surface area contributed by atoms with Crippen LogP contribution in [0.3, 0.4) is 0 Å². The van der Waals surface area contributed by atoms with Gasteiger partial charge >= 0.3 is 6.09 Å². The van der Waals surface area contributed by atoms with E-state index in [-0.39, 0.29) is 29.8 Å². The first-order valence-corrected chi connectivity index (χ1v) is 12.1. The van der Waals surface area contributed by atoms with Crippen molar-refractivity contribution in [3.8, 4) is 5.75 Å². The van der Waals surface area contributed by atoms with Gasteiger partial charge in [0.25, 0.3) is 0 Å². The van der Waals surface area contributed by atoms with Gasteiger partial charge in [0.15, 0.2) is 0 Å². The zero-order chi connectivity index (χ0) is 23.1. The third-order valence-corrected chi connectivity index (χ3v) is 7.11. The summed E-state index contributed by atoms with van der Waals surface area (Å²) < 4.78 is 19.1. The van der Waals surface area contributed by atoms with Crippen LogP contribution in [0.5, 0.6) is 5.75 Å². The Kier molecular flexibility index (Phi) is 6.32. The first-order chi connectivity index (χ1) is 15.1. The highest BCUT2D eigenvalue weighted by atomic mass is 16.6. The molecule has 176 valence electrons. The van der Waals surface area contributed by atoms with Crippen molar-refractivity contribution in [1.82, 2.24) is 4.90 Å². The van der Waals surface area contributed by atoms with E-state index in [1.165, 1.54) is 11.1 Å². The van der Waals surface area contributed by atoms with E-state index in [1.54, 1.807) is 0 Å². The molecule has 0 bridgehead atoms. The lowest BCUT2D eigenvalue weighted by Gasteiger charge is -2.54. The number of fused-ring (bicyclic) bond motifs is 4. The second-order valence-electron chi connectivity index (χ2n) is 11.2. The molecule has 0 aromatic heterocycles. The molecule has 0 aliphatic carbocycles. The molecule has 3 aliphatic rings. The average molecular weight is 442 g/mol. The van der Waals surface area contributed by atoms with Gasteiger partial charge in [0, 0.05) is 30.5 Å². The zero-order valence-electron chi connectivity index (χ0n) is 20.5. The van der Waals surface area contributed by atoms with Crippen LogP contribution in [0.1, 0.15) is 78.9 Å². The zero-order valence-corrected chi connectivity index (χ0v) is 20.5. The number of amides is 1. The lowest BCUT2D eigenvalue weighted by atomic mass is 9.68. The topological polar surface area (TPSA) is 48.0 Å². The van der Waals surface area contributed by atoms with Gasteiger partial charge < -0.3 is 19.1 Å². The number of piperidine rings is 1. The molecule has 2 saturated heterocycles. The number of rotatable bonds is 3. The molecule has 0 radical (unpaired) electrons. The van der Waals surface area contributed by atoms with E-state index in [2.05, 4.69) is 45.0 Å². The second kappa shape index (κ2) is 8.74. The minimum absolute atomic E-state index is 0.0472. The largest absolute Gasteiger partial charge is 0.487 e. The number of likely N-dealkylation sites (tertiary alicyclic amines) is 1. The highest BCUT2D eigenvalue weighted by Crippen LogP contribution is 2.54. The minimum atomic E-state index is -0.480. The number of para-hydroxylation sites is 1. The fourth-order valence-corrected chi connectivity index (χ4v) is 5.52. The number of nitrogens with zero attached hydrogens (tertiary/aromatic N) is 1. The van der Waals surface area contributed by atoms with Crippen LogP contribution in [0.25, 0.3) is 0 Å². The van der Waals surface area contributed by atoms with E-state index in [4.69, 9.17) is 14.2 Å². The molecular weight excluding hydrogens is 402 g/mol. The molecule has 1 unspecified atom stereocenters. The van der Waals surface area contributed by atoms with Gasteiger partial charge in [-0.25, -0.2) is 4.79 Å². The summed E-state index contributed by atoms with van der Waals surface area (Å²) in [6, 6.07) is 8.34. The summed E-state index contributed by atoms with van der Waals surface area (Å²) in [4.78, 5) is 14.6. The maximum absolute atomic E-state index is 12.7. The monoisotopic (exact) mass is 441 g/mol. The molecule has 0 spiro atoms. The van der Waals surface area contributed by atoms with Crippen LogP contribution >= 0.6 is 0 Å². The highest BCUT2D eigenvalue weighted by molar-refractivity contribution is 5.68. The van der Waals surface area contributed by atoms with Crippen LogP contribution in [0, 0.1) is 11.8 Å². The quantitative estimate of drug-likeness (QED) is 0.517. The number of benzene rings is 1. The van der Waals surface area contributed by atoms with Crippen LogP contribution < -0.4 is 4.74 Å². The molecule has 1 aromatic rings. The molecular formula is C27H39NO4. The standard InChI is InChI=1S/C27H39NO4/c1-18(2)10-9-14-27(6)21-16-19-17-28(25(29)32-26(3,4)5)15-13-22(19)30-24(21)20-11-7-8-12-23(20)31-27/h7-8,10-12,19,21-22,24H,9,13-17H2,1-6H3/t19-,21+,22+,24-,27?/m0/s1. The molecule has 5 atom stereocenters. The van der Waals surface area contributed by atoms with Crippen LogP contribution in [0.2, 0.25) is 0 Å². The summed E-state index contributed by atoms with van der Waals surface area (Å²) >= 11 is 0. The molecule has 2 fully saturated rings. The summed E-state index contributed by atoms with van der Waals surface area (Å²) in [5.74, 6) is 1.51. The Morgan fingerprint density at radius 2 is 2.03 bits per heavy atom. The fourth-order valence-electron chi connectivity index (χ4n) is 5.52. The van der Waals surface area contributed by atoms with Crippen LogP contribution in [0.4, 0.5) is 4.79 Å². The molecule has 0 saturated carbocycles. The van der Waals surface area contributed by atoms with E-state index in [0.717, 1.165) is 31.4 Å².